The highest BCUT2D eigenvalue weighted by molar-refractivity contribution is 5.87. The van der Waals surface area contributed by atoms with E-state index in [9.17, 15) is 4.79 Å². The third-order valence-electron chi connectivity index (χ3n) is 4.63. The molecule has 0 bridgehead atoms. The predicted molar refractivity (Wildman–Crippen MR) is 68.2 cm³/mol. The molecule has 1 aromatic rings. The Bertz CT molecular complexity index is 445. The minimum absolute atomic E-state index is 0.280. The number of carbonyl (C=O) groups excluding carboxylic acids is 1. The van der Waals surface area contributed by atoms with Crippen molar-refractivity contribution < 1.29 is 13.9 Å². The lowest BCUT2D eigenvalue weighted by atomic mass is 10.0. The second kappa shape index (κ2) is 4.12. The first-order chi connectivity index (χ1) is 8.32. The molecule has 1 aliphatic carbocycles. The Hall–Kier alpha value is -1.29. The summed E-state index contributed by atoms with van der Waals surface area (Å²) in [5, 5.41) is 3.49. The van der Waals surface area contributed by atoms with Crippen molar-refractivity contribution >= 4 is 5.97 Å². The minimum atomic E-state index is -0.425. The Labute approximate surface area is 108 Å². The molecule has 0 unspecified atom stereocenters. The standard InChI is InChI=1S/C14H21NO3/c1-13(2)12(14(13,3)4)15-8-9-6-7-18-10(9)11(16)17-5/h6-7,12,15H,8H2,1-5H3. The van der Waals surface area contributed by atoms with Crippen LogP contribution >= 0.6 is 0 Å². The van der Waals surface area contributed by atoms with Gasteiger partial charge < -0.3 is 14.5 Å². The third-order valence-corrected chi connectivity index (χ3v) is 4.63. The number of nitrogens with one attached hydrogen (secondary N) is 1. The quantitative estimate of drug-likeness (QED) is 0.836. The molecule has 2 rings (SSSR count). The monoisotopic (exact) mass is 251 g/mol. The summed E-state index contributed by atoms with van der Waals surface area (Å²) in [4.78, 5) is 11.5. The van der Waals surface area contributed by atoms with E-state index in [-0.39, 0.29) is 10.8 Å². The zero-order valence-electron chi connectivity index (χ0n) is 11.7. The molecule has 1 heterocycles. The van der Waals surface area contributed by atoms with Crippen molar-refractivity contribution in [1.29, 1.82) is 0 Å². The maximum absolute atomic E-state index is 11.5. The SMILES string of the molecule is COC(=O)c1occc1CNC1C(C)(C)C1(C)C. The highest BCUT2D eigenvalue weighted by Crippen LogP contribution is 2.62. The molecule has 0 atom stereocenters. The van der Waals surface area contributed by atoms with Crippen molar-refractivity contribution in [1.82, 2.24) is 5.32 Å². The lowest BCUT2D eigenvalue weighted by Crippen LogP contribution is -2.22. The second-order valence-corrected chi connectivity index (χ2v) is 6.02. The van der Waals surface area contributed by atoms with Crippen molar-refractivity contribution in [3.05, 3.63) is 23.7 Å². The van der Waals surface area contributed by atoms with Gasteiger partial charge in [0, 0.05) is 18.2 Å². The predicted octanol–water partition coefficient (Wildman–Crippen LogP) is 2.59. The maximum atomic E-state index is 11.5. The highest BCUT2D eigenvalue weighted by Gasteiger charge is 2.64. The van der Waals surface area contributed by atoms with Gasteiger partial charge in [-0.1, -0.05) is 27.7 Å². The fourth-order valence-corrected chi connectivity index (χ4v) is 2.67. The summed E-state index contributed by atoms with van der Waals surface area (Å²) in [6.45, 7) is 9.63. The Morgan fingerprint density at radius 2 is 2.00 bits per heavy atom. The zero-order chi connectivity index (χ0) is 13.6. The largest absolute Gasteiger partial charge is 0.463 e. The highest BCUT2D eigenvalue weighted by atomic mass is 16.5. The molecule has 1 aromatic heterocycles. The Morgan fingerprint density at radius 3 is 2.50 bits per heavy atom. The molecule has 4 heteroatoms. The van der Waals surface area contributed by atoms with Crippen LogP contribution in [0.25, 0.3) is 0 Å². The molecular weight excluding hydrogens is 230 g/mol. The molecule has 1 fully saturated rings. The average Bonchev–Trinajstić information content (AvgIpc) is 2.70. The second-order valence-electron chi connectivity index (χ2n) is 6.02. The molecule has 0 aromatic carbocycles. The van der Waals surface area contributed by atoms with Crippen LogP contribution in [0.5, 0.6) is 0 Å². The van der Waals surface area contributed by atoms with Gasteiger partial charge in [0.15, 0.2) is 0 Å². The first kappa shape index (κ1) is 13.1. The Kier molecular flexibility index (Phi) is 3.01. The van der Waals surface area contributed by atoms with Gasteiger partial charge in [-0.05, 0) is 16.9 Å². The van der Waals surface area contributed by atoms with Crippen LogP contribution in [0.15, 0.2) is 16.7 Å². The van der Waals surface area contributed by atoms with Crippen LogP contribution in [0.3, 0.4) is 0 Å². The van der Waals surface area contributed by atoms with E-state index in [1.54, 1.807) is 0 Å². The average molecular weight is 251 g/mol. The van der Waals surface area contributed by atoms with E-state index in [2.05, 4.69) is 37.7 Å². The van der Waals surface area contributed by atoms with E-state index >= 15 is 0 Å². The molecule has 1 saturated carbocycles. The van der Waals surface area contributed by atoms with Gasteiger partial charge >= 0.3 is 5.97 Å². The van der Waals surface area contributed by atoms with Gasteiger partial charge in [0.1, 0.15) is 0 Å². The smallest absolute Gasteiger partial charge is 0.374 e. The van der Waals surface area contributed by atoms with Crippen LogP contribution in [-0.2, 0) is 11.3 Å². The van der Waals surface area contributed by atoms with Gasteiger partial charge in [0.05, 0.1) is 13.4 Å². The van der Waals surface area contributed by atoms with Gasteiger partial charge in [0.25, 0.3) is 0 Å². The van der Waals surface area contributed by atoms with Crippen molar-refractivity contribution in [3.8, 4) is 0 Å². The summed E-state index contributed by atoms with van der Waals surface area (Å²) in [5.74, 6) is -0.132. The Balaban J connectivity index is 2.01. The van der Waals surface area contributed by atoms with Gasteiger partial charge in [-0.2, -0.15) is 0 Å². The number of hydrogen-bond acceptors (Lipinski definition) is 4. The molecule has 4 nitrogen and oxygen atoms in total. The van der Waals surface area contributed by atoms with Crippen LogP contribution in [-0.4, -0.2) is 19.1 Å². The molecule has 18 heavy (non-hydrogen) atoms. The molecule has 0 radical (unpaired) electrons. The lowest BCUT2D eigenvalue weighted by Gasteiger charge is -2.06. The number of esters is 1. The van der Waals surface area contributed by atoms with Gasteiger partial charge in [0.2, 0.25) is 5.76 Å². The van der Waals surface area contributed by atoms with E-state index in [0.29, 0.717) is 18.3 Å². The summed E-state index contributed by atoms with van der Waals surface area (Å²) in [5.41, 5.74) is 1.41. The van der Waals surface area contributed by atoms with Crippen LogP contribution < -0.4 is 5.32 Å². The molecule has 0 spiro atoms. The molecule has 1 N–H and O–H groups in total. The summed E-state index contributed by atoms with van der Waals surface area (Å²) >= 11 is 0. The van der Waals surface area contributed by atoms with Gasteiger partial charge in [-0.25, -0.2) is 4.79 Å². The van der Waals surface area contributed by atoms with Crippen molar-refractivity contribution in [2.24, 2.45) is 10.8 Å². The van der Waals surface area contributed by atoms with E-state index in [1.165, 1.54) is 13.4 Å². The van der Waals surface area contributed by atoms with Crippen LogP contribution in [0, 0.1) is 10.8 Å². The van der Waals surface area contributed by atoms with Gasteiger partial charge in [-0.15, -0.1) is 0 Å². The number of hydrogen-bond donors (Lipinski definition) is 1. The first-order valence-electron chi connectivity index (χ1n) is 6.20. The summed E-state index contributed by atoms with van der Waals surface area (Å²) in [6.07, 6.45) is 1.52. The zero-order valence-corrected chi connectivity index (χ0v) is 11.7. The van der Waals surface area contributed by atoms with Crippen LogP contribution in [0.1, 0.15) is 43.8 Å². The lowest BCUT2D eigenvalue weighted by molar-refractivity contribution is 0.0563. The summed E-state index contributed by atoms with van der Waals surface area (Å²) in [6, 6.07) is 2.26. The van der Waals surface area contributed by atoms with Crippen LogP contribution in [0.4, 0.5) is 0 Å². The molecular formula is C14H21NO3. The summed E-state index contributed by atoms with van der Waals surface area (Å²) in [7, 11) is 1.36. The first-order valence-corrected chi connectivity index (χ1v) is 6.20. The molecule has 0 amide bonds. The number of carbonyl (C=O) groups is 1. The molecule has 1 aliphatic rings. The minimum Gasteiger partial charge on any atom is -0.463 e. The number of ether oxygens (including phenoxy) is 1. The van der Waals surface area contributed by atoms with E-state index < -0.39 is 5.97 Å². The van der Waals surface area contributed by atoms with E-state index in [1.807, 2.05) is 6.07 Å². The molecule has 0 saturated heterocycles. The van der Waals surface area contributed by atoms with E-state index in [4.69, 9.17) is 4.42 Å². The third kappa shape index (κ3) is 1.85. The van der Waals surface area contributed by atoms with Crippen LogP contribution in [0.2, 0.25) is 0 Å². The Morgan fingerprint density at radius 1 is 1.39 bits per heavy atom. The van der Waals surface area contributed by atoms with Crippen molar-refractivity contribution in [2.75, 3.05) is 7.11 Å². The number of rotatable bonds is 4. The number of methoxy groups -OCH3 is 1. The van der Waals surface area contributed by atoms with E-state index in [0.717, 1.165) is 5.56 Å². The molecule has 100 valence electrons. The maximum Gasteiger partial charge on any atom is 0.374 e. The van der Waals surface area contributed by atoms with Crippen molar-refractivity contribution in [3.63, 3.8) is 0 Å². The van der Waals surface area contributed by atoms with Crippen molar-refractivity contribution in [2.45, 2.75) is 40.3 Å². The fraction of sp³-hybridized carbons (Fsp3) is 0.643. The normalized spacial score (nSPS) is 20.7. The topological polar surface area (TPSA) is 51.5 Å². The summed E-state index contributed by atoms with van der Waals surface area (Å²) < 4.78 is 9.84. The molecule has 0 aliphatic heterocycles. The fourth-order valence-electron chi connectivity index (χ4n) is 2.67. The van der Waals surface area contributed by atoms with Gasteiger partial charge in [-0.3, -0.25) is 0 Å². The number of furan rings is 1.